The van der Waals surface area contributed by atoms with Crippen LogP contribution in [0.1, 0.15) is 32.6 Å². The van der Waals surface area contributed by atoms with Crippen LogP contribution in [0.15, 0.2) is 0 Å². The Bertz CT molecular complexity index is 142. The summed E-state index contributed by atoms with van der Waals surface area (Å²) in [5.41, 5.74) is 5.36. The first-order valence-electron chi connectivity index (χ1n) is 6.37. The van der Waals surface area contributed by atoms with Gasteiger partial charge in [0.05, 0.1) is 13.2 Å². The number of nitrogens with zero attached hydrogens (tertiary/aromatic N) is 1. The molecule has 0 aromatic carbocycles. The minimum Gasteiger partial charge on any atom is -0.379 e. The minimum atomic E-state index is 0.637. The number of hydrogen-bond donors (Lipinski definition) is 1. The average Bonchev–Trinajstić information content (AvgIpc) is 2.27. The topological polar surface area (TPSA) is 38.5 Å². The lowest BCUT2D eigenvalue weighted by Gasteiger charge is -2.31. The highest BCUT2D eigenvalue weighted by molar-refractivity contribution is 4.71. The Morgan fingerprint density at radius 1 is 1.27 bits per heavy atom. The van der Waals surface area contributed by atoms with Crippen LogP contribution in [0.25, 0.3) is 0 Å². The van der Waals surface area contributed by atoms with Crippen LogP contribution in [0.3, 0.4) is 0 Å². The zero-order valence-corrected chi connectivity index (χ0v) is 10.1. The van der Waals surface area contributed by atoms with Crippen LogP contribution >= 0.6 is 0 Å². The molecule has 90 valence electrons. The van der Waals surface area contributed by atoms with Gasteiger partial charge in [-0.05, 0) is 31.8 Å². The summed E-state index contributed by atoms with van der Waals surface area (Å²) in [6, 6.07) is 0. The van der Waals surface area contributed by atoms with Crippen molar-refractivity contribution < 1.29 is 4.74 Å². The Kier molecular flexibility index (Phi) is 6.98. The van der Waals surface area contributed by atoms with Gasteiger partial charge in [-0.15, -0.1) is 0 Å². The fraction of sp³-hybridized carbons (Fsp3) is 1.00. The first-order valence-corrected chi connectivity index (χ1v) is 6.37. The van der Waals surface area contributed by atoms with Crippen LogP contribution in [0.2, 0.25) is 0 Å². The van der Waals surface area contributed by atoms with E-state index in [0.717, 1.165) is 19.1 Å². The van der Waals surface area contributed by atoms with E-state index in [9.17, 15) is 0 Å². The molecule has 0 spiro atoms. The second-order valence-corrected chi connectivity index (χ2v) is 4.47. The second kappa shape index (κ2) is 8.08. The SMILES string of the molecule is CCCC1CCN(CCOCCN)CC1. The Hall–Kier alpha value is -0.120. The van der Waals surface area contributed by atoms with Crippen LogP contribution < -0.4 is 5.73 Å². The van der Waals surface area contributed by atoms with E-state index in [1.807, 2.05) is 0 Å². The van der Waals surface area contributed by atoms with Crippen molar-refractivity contribution in [2.75, 3.05) is 39.4 Å². The molecule has 0 saturated carbocycles. The maximum Gasteiger partial charge on any atom is 0.0594 e. The van der Waals surface area contributed by atoms with Gasteiger partial charge in [0.1, 0.15) is 0 Å². The summed E-state index contributed by atoms with van der Waals surface area (Å²) in [6.07, 6.45) is 5.51. The predicted octanol–water partition coefficient (Wildman–Crippen LogP) is 1.47. The predicted molar refractivity (Wildman–Crippen MR) is 63.9 cm³/mol. The van der Waals surface area contributed by atoms with Crippen molar-refractivity contribution in [3.63, 3.8) is 0 Å². The molecule has 0 aromatic heterocycles. The number of nitrogens with two attached hydrogens (primary N) is 1. The minimum absolute atomic E-state index is 0.637. The third-order valence-electron chi connectivity index (χ3n) is 3.22. The summed E-state index contributed by atoms with van der Waals surface area (Å²) >= 11 is 0. The molecule has 1 heterocycles. The van der Waals surface area contributed by atoms with Crippen molar-refractivity contribution in [3.8, 4) is 0 Å². The van der Waals surface area contributed by atoms with E-state index in [4.69, 9.17) is 10.5 Å². The summed E-state index contributed by atoms with van der Waals surface area (Å²) in [7, 11) is 0. The van der Waals surface area contributed by atoms with Gasteiger partial charge in [0.15, 0.2) is 0 Å². The Balaban J connectivity index is 1.99. The van der Waals surface area contributed by atoms with Crippen molar-refractivity contribution in [1.82, 2.24) is 4.90 Å². The van der Waals surface area contributed by atoms with Crippen molar-refractivity contribution in [1.29, 1.82) is 0 Å². The third-order valence-corrected chi connectivity index (χ3v) is 3.22. The number of ether oxygens (including phenoxy) is 1. The fourth-order valence-electron chi connectivity index (χ4n) is 2.29. The number of likely N-dealkylation sites (tertiary alicyclic amines) is 1. The zero-order chi connectivity index (χ0) is 10.9. The molecule has 3 nitrogen and oxygen atoms in total. The van der Waals surface area contributed by atoms with Crippen molar-refractivity contribution in [2.45, 2.75) is 32.6 Å². The molecular weight excluding hydrogens is 188 g/mol. The van der Waals surface area contributed by atoms with E-state index < -0.39 is 0 Å². The van der Waals surface area contributed by atoms with Crippen LogP contribution in [0.4, 0.5) is 0 Å². The van der Waals surface area contributed by atoms with E-state index in [1.54, 1.807) is 0 Å². The van der Waals surface area contributed by atoms with Crippen LogP contribution in [-0.4, -0.2) is 44.3 Å². The molecule has 15 heavy (non-hydrogen) atoms. The summed E-state index contributed by atoms with van der Waals surface area (Å²) < 4.78 is 5.39. The smallest absolute Gasteiger partial charge is 0.0594 e. The van der Waals surface area contributed by atoms with Gasteiger partial charge in [-0.25, -0.2) is 0 Å². The highest BCUT2D eigenvalue weighted by Crippen LogP contribution is 2.21. The van der Waals surface area contributed by atoms with Gasteiger partial charge in [0.2, 0.25) is 0 Å². The van der Waals surface area contributed by atoms with E-state index >= 15 is 0 Å². The Morgan fingerprint density at radius 2 is 2.00 bits per heavy atom. The molecule has 0 atom stereocenters. The maximum atomic E-state index is 5.39. The number of hydrogen-bond acceptors (Lipinski definition) is 3. The normalized spacial score (nSPS) is 19.6. The highest BCUT2D eigenvalue weighted by atomic mass is 16.5. The summed E-state index contributed by atoms with van der Waals surface area (Å²) in [5, 5.41) is 0. The molecule has 1 saturated heterocycles. The fourth-order valence-corrected chi connectivity index (χ4v) is 2.29. The molecule has 0 radical (unpaired) electrons. The monoisotopic (exact) mass is 214 g/mol. The molecule has 1 rings (SSSR count). The Morgan fingerprint density at radius 3 is 2.60 bits per heavy atom. The molecule has 2 N–H and O–H groups in total. The van der Waals surface area contributed by atoms with E-state index in [-0.39, 0.29) is 0 Å². The molecule has 0 bridgehead atoms. The van der Waals surface area contributed by atoms with Crippen LogP contribution in [0, 0.1) is 5.92 Å². The molecule has 0 aromatic rings. The largest absolute Gasteiger partial charge is 0.379 e. The van der Waals surface area contributed by atoms with Crippen molar-refractivity contribution in [3.05, 3.63) is 0 Å². The maximum absolute atomic E-state index is 5.39. The molecule has 1 aliphatic heterocycles. The highest BCUT2D eigenvalue weighted by Gasteiger charge is 2.17. The summed E-state index contributed by atoms with van der Waals surface area (Å²) in [5.74, 6) is 0.983. The molecule has 1 fully saturated rings. The summed E-state index contributed by atoms with van der Waals surface area (Å²) in [4.78, 5) is 2.52. The van der Waals surface area contributed by atoms with E-state index in [2.05, 4.69) is 11.8 Å². The molecule has 1 aliphatic rings. The molecule has 0 amide bonds. The van der Waals surface area contributed by atoms with E-state index in [0.29, 0.717) is 13.2 Å². The van der Waals surface area contributed by atoms with Crippen molar-refractivity contribution >= 4 is 0 Å². The van der Waals surface area contributed by atoms with Crippen LogP contribution in [0.5, 0.6) is 0 Å². The van der Waals surface area contributed by atoms with Gasteiger partial charge < -0.3 is 15.4 Å². The lowest BCUT2D eigenvalue weighted by molar-refractivity contribution is 0.0915. The van der Waals surface area contributed by atoms with E-state index in [1.165, 1.54) is 38.8 Å². The first-order chi connectivity index (χ1) is 7.36. The number of rotatable bonds is 7. The second-order valence-electron chi connectivity index (χ2n) is 4.47. The molecular formula is C12H26N2O. The van der Waals surface area contributed by atoms with Crippen molar-refractivity contribution in [2.24, 2.45) is 11.7 Å². The Labute approximate surface area is 94.0 Å². The number of piperidine rings is 1. The van der Waals surface area contributed by atoms with Gasteiger partial charge in [0.25, 0.3) is 0 Å². The van der Waals surface area contributed by atoms with Gasteiger partial charge in [-0.1, -0.05) is 19.8 Å². The summed E-state index contributed by atoms with van der Waals surface area (Å²) in [6.45, 7) is 8.07. The first kappa shape index (κ1) is 12.9. The quantitative estimate of drug-likeness (QED) is 0.652. The lowest BCUT2D eigenvalue weighted by Crippen LogP contribution is -2.36. The van der Waals surface area contributed by atoms with Gasteiger partial charge in [-0.2, -0.15) is 0 Å². The third kappa shape index (κ3) is 5.50. The molecule has 0 unspecified atom stereocenters. The van der Waals surface area contributed by atoms with Gasteiger partial charge >= 0.3 is 0 Å². The molecule has 0 aliphatic carbocycles. The zero-order valence-electron chi connectivity index (χ0n) is 10.1. The van der Waals surface area contributed by atoms with Gasteiger partial charge in [0, 0.05) is 13.1 Å². The van der Waals surface area contributed by atoms with Gasteiger partial charge in [-0.3, -0.25) is 0 Å². The van der Waals surface area contributed by atoms with Crippen LogP contribution in [-0.2, 0) is 4.74 Å². The molecule has 3 heteroatoms. The lowest BCUT2D eigenvalue weighted by atomic mass is 9.92. The average molecular weight is 214 g/mol. The standard InChI is InChI=1S/C12H26N2O/c1-2-3-12-4-7-14(8-5-12)9-11-15-10-6-13/h12H,2-11,13H2,1H3.